The zero-order valence-electron chi connectivity index (χ0n) is 6.77. The van der Waals surface area contributed by atoms with E-state index in [0.717, 1.165) is 5.56 Å². The molecule has 0 aromatic heterocycles. The molecule has 0 saturated carbocycles. The average Bonchev–Trinajstić information content (AvgIpc) is 2.06. The summed E-state index contributed by atoms with van der Waals surface area (Å²) in [5.74, 6) is -0.260. The third-order valence-electron chi connectivity index (χ3n) is 1.79. The molecule has 3 heteroatoms. The molecule has 0 fully saturated rings. The molecular formula is C9H10BrFO. The normalized spacial score (nSPS) is 10.3. The van der Waals surface area contributed by atoms with Gasteiger partial charge in [0.1, 0.15) is 5.82 Å². The van der Waals surface area contributed by atoms with E-state index in [1.807, 2.05) is 13.0 Å². The summed E-state index contributed by atoms with van der Waals surface area (Å²) in [5, 5.41) is 8.68. The van der Waals surface area contributed by atoms with Crippen LogP contribution in [0.3, 0.4) is 0 Å². The quantitative estimate of drug-likeness (QED) is 0.831. The van der Waals surface area contributed by atoms with E-state index in [1.165, 1.54) is 0 Å². The molecule has 0 aliphatic rings. The Hall–Kier alpha value is -0.410. The second-order valence-electron chi connectivity index (χ2n) is 2.63. The van der Waals surface area contributed by atoms with Crippen molar-refractivity contribution >= 4 is 15.9 Å². The van der Waals surface area contributed by atoms with Gasteiger partial charge in [-0.3, -0.25) is 0 Å². The number of aryl methyl sites for hydroxylation is 1. The van der Waals surface area contributed by atoms with Crippen LogP contribution in [-0.2, 0) is 6.42 Å². The summed E-state index contributed by atoms with van der Waals surface area (Å²) in [6.07, 6.45) is 0.372. The van der Waals surface area contributed by atoms with Gasteiger partial charge in [0.25, 0.3) is 0 Å². The van der Waals surface area contributed by atoms with Gasteiger partial charge in [-0.1, -0.05) is 6.07 Å². The lowest BCUT2D eigenvalue weighted by Crippen LogP contribution is -1.98. The van der Waals surface area contributed by atoms with E-state index in [4.69, 9.17) is 5.11 Å². The van der Waals surface area contributed by atoms with E-state index in [1.54, 1.807) is 6.07 Å². The molecule has 0 atom stereocenters. The summed E-state index contributed by atoms with van der Waals surface area (Å²) in [5.41, 5.74) is 1.47. The molecule has 1 aromatic rings. The largest absolute Gasteiger partial charge is 0.396 e. The van der Waals surface area contributed by atoms with E-state index in [9.17, 15) is 4.39 Å². The van der Waals surface area contributed by atoms with Crippen LogP contribution in [-0.4, -0.2) is 11.7 Å². The lowest BCUT2D eigenvalue weighted by Gasteiger charge is -2.06. The average molecular weight is 233 g/mol. The van der Waals surface area contributed by atoms with Gasteiger partial charge < -0.3 is 5.11 Å². The van der Waals surface area contributed by atoms with Gasteiger partial charge in [0.05, 0.1) is 4.47 Å². The van der Waals surface area contributed by atoms with Gasteiger partial charge in [0.15, 0.2) is 0 Å². The fourth-order valence-corrected chi connectivity index (χ4v) is 1.48. The lowest BCUT2D eigenvalue weighted by atomic mass is 10.1. The second kappa shape index (κ2) is 4.01. The Balaban J connectivity index is 3.14. The van der Waals surface area contributed by atoms with Crippen LogP contribution in [0.1, 0.15) is 11.1 Å². The van der Waals surface area contributed by atoms with Gasteiger partial charge in [-0.25, -0.2) is 4.39 Å². The van der Waals surface area contributed by atoms with E-state index >= 15 is 0 Å². The summed E-state index contributed by atoms with van der Waals surface area (Å²) in [6.45, 7) is 1.81. The Morgan fingerprint density at radius 3 is 2.75 bits per heavy atom. The number of benzene rings is 1. The van der Waals surface area contributed by atoms with Crippen LogP contribution in [0.25, 0.3) is 0 Å². The molecule has 0 spiro atoms. The molecule has 0 radical (unpaired) electrons. The molecule has 0 amide bonds. The van der Waals surface area contributed by atoms with Crippen molar-refractivity contribution in [3.8, 4) is 0 Å². The van der Waals surface area contributed by atoms with Crippen LogP contribution >= 0.6 is 15.9 Å². The van der Waals surface area contributed by atoms with Crippen molar-refractivity contribution in [3.05, 3.63) is 33.5 Å². The molecule has 0 saturated heterocycles. The number of aliphatic hydroxyl groups excluding tert-OH is 1. The minimum Gasteiger partial charge on any atom is -0.396 e. The van der Waals surface area contributed by atoms with Crippen LogP contribution in [0.15, 0.2) is 16.6 Å². The molecular weight excluding hydrogens is 223 g/mol. The molecule has 0 bridgehead atoms. The van der Waals surface area contributed by atoms with Crippen molar-refractivity contribution in [2.45, 2.75) is 13.3 Å². The lowest BCUT2D eigenvalue weighted by molar-refractivity contribution is 0.297. The summed E-state index contributed by atoms with van der Waals surface area (Å²) < 4.78 is 13.7. The predicted molar refractivity (Wildman–Crippen MR) is 49.6 cm³/mol. The molecule has 1 nitrogen and oxygen atoms in total. The minimum absolute atomic E-state index is 0.0196. The van der Waals surface area contributed by atoms with Gasteiger partial charge in [0.2, 0.25) is 0 Å². The summed E-state index contributed by atoms with van der Waals surface area (Å²) in [4.78, 5) is 0. The highest BCUT2D eigenvalue weighted by Gasteiger charge is 2.07. The fraction of sp³-hybridized carbons (Fsp3) is 0.333. The molecule has 0 aliphatic heterocycles. The zero-order chi connectivity index (χ0) is 9.14. The topological polar surface area (TPSA) is 20.2 Å². The first-order valence-corrected chi connectivity index (χ1v) is 4.50. The molecule has 1 rings (SSSR count). The van der Waals surface area contributed by atoms with E-state index < -0.39 is 0 Å². The number of hydrogen-bond donors (Lipinski definition) is 1. The molecule has 66 valence electrons. The Morgan fingerprint density at radius 1 is 1.50 bits per heavy atom. The monoisotopic (exact) mass is 232 g/mol. The maximum Gasteiger partial charge on any atom is 0.140 e. The first-order chi connectivity index (χ1) is 5.66. The fourth-order valence-electron chi connectivity index (χ4n) is 1.11. The molecule has 1 N–H and O–H groups in total. The van der Waals surface area contributed by atoms with Crippen molar-refractivity contribution in [2.24, 2.45) is 0 Å². The third kappa shape index (κ3) is 1.84. The number of halogens is 2. The molecule has 0 heterocycles. The zero-order valence-corrected chi connectivity index (χ0v) is 8.36. The summed E-state index contributed by atoms with van der Waals surface area (Å²) in [6, 6.07) is 3.50. The van der Waals surface area contributed by atoms with Crippen molar-refractivity contribution in [2.75, 3.05) is 6.61 Å². The third-order valence-corrected chi connectivity index (χ3v) is 2.40. The number of rotatable bonds is 2. The van der Waals surface area contributed by atoms with E-state index in [2.05, 4.69) is 15.9 Å². The smallest absolute Gasteiger partial charge is 0.140 e. The van der Waals surface area contributed by atoms with Gasteiger partial charge in [-0.2, -0.15) is 0 Å². The van der Waals surface area contributed by atoms with Crippen LogP contribution in [0.4, 0.5) is 4.39 Å². The SMILES string of the molecule is Cc1ccc(Br)c(F)c1CCO. The number of hydrogen-bond acceptors (Lipinski definition) is 1. The van der Waals surface area contributed by atoms with E-state index in [-0.39, 0.29) is 12.4 Å². The van der Waals surface area contributed by atoms with Gasteiger partial charge in [-0.15, -0.1) is 0 Å². The van der Waals surface area contributed by atoms with Crippen molar-refractivity contribution in [3.63, 3.8) is 0 Å². The first kappa shape index (κ1) is 9.68. The molecule has 1 aromatic carbocycles. The van der Waals surface area contributed by atoms with Crippen LogP contribution < -0.4 is 0 Å². The predicted octanol–water partition coefficient (Wildman–Crippen LogP) is 2.43. The summed E-state index contributed by atoms with van der Waals surface area (Å²) >= 11 is 3.09. The Labute approximate surface area is 79.4 Å². The maximum absolute atomic E-state index is 13.3. The molecule has 0 unspecified atom stereocenters. The van der Waals surface area contributed by atoms with Gasteiger partial charge >= 0.3 is 0 Å². The maximum atomic E-state index is 13.3. The minimum atomic E-state index is -0.260. The van der Waals surface area contributed by atoms with Crippen molar-refractivity contribution in [1.82, 2.24) is 0 Å². The molecule has 0 aliphatic carbocycles. The van der Waals surface area contributed by atoms with Gasteiger partial charge in [-0.05, 0) is 46.5 Å². The number of aliphatic hydroxyl groups is 1. The first-order valence-electron chi connectivity index (χ1n) is 3.71. The van der Waals surface area contributed by atoms with Crippen LogP contribution in [0.2, 0.25) is 0 Å². The standard InChI is InChI=1S/C9H10BrFO/c1-6-2-3-8(10)9(11)7(6)4-5-12/h2-3,12H,4-5H2,1H3. The van der Waals surface area contributed by atoms with Crippen molar-refractivity contribution in [1.29, 1.82) is 0 Å². The highest BCUT2D eigenvalue weighted by atomic mass is 79.9. The van der Waals surface area contributed by atoms with Gasteiger partial charge in [0, 0.05) is 6.61 Å². The van der Waals surface area contributed by atoms with Crippen molar-refractivity contribution < 1.29 is 9.50 Å². The highest BCUT2D eigenvalue weighted by Crippen LogP contribution is 2.22. The van der Waals surface area contributed by atoms with E-state index in [0.29, 0.717) is 16.5 Å². The Morgan fingerprint density at radius 2 is 2.17 bits per heavy atom. The Bertz CT molecular complexity index is 286. The van der Waals surface area contributed by atoms with Crippen LogP contribution in [0.5, 0.6) is 0 Å². The summed E-state index contributed by atoms with van der Waals surface area (Å²) in [7, 11) is 0. The molecule has 12 heavy (non-hydrogen) atoms. The highest BCUT2D eigenvalue weighted by molar-refractivity contribution is 9.10. The second-order valence-corrected chi connectivity index (χ2v) is 3.48. The Kier molecular flexibility index (Phi) is 3.23. The van der Waals surface area contributed by atoms with Crippen LogP contribution in [0, 0.1) is 12.7 Å².